The molecule has 3 atom stereocenters. The molecule has 3 unspecified atom stereocenters. The lowest BCUT2D eigenvalue weighted by Crippen LogP contribution is -2.53. The molecule has 0 aromatic heterocycles. The number of nitrogens with one attached hydrogen (secondary N) is 2. The number of benzene rings is 2. The largest absolute Gasteiger partial charge is 0.444 e. The predicted octanol–water partition coefficient (Wildman–Crippen LogP) is 5.98. The minimum absolute atomic E-state index is 0.285. The Morgan fingerprint density at radius 1 is 1.13 bits per heavy atom. The molecule has 38 heavy (non-hydrogen) atoms. The van der Waals surface area contributed by atoms with Crippen LogP contribution in [0.25, 0.3) is 6.08 Å². The number of nitrogens with zero attached hydrogens (tertiary/aromatic N) is 1. The van der Waals surface area contributed by atoms with Crippen molar-refractivity contribution in [3.63, 3.8) is 0 Å². The van der Waals surface area contributed by atoms with Gasteiger partial charge in [-0.2, -0.15) is 0 Å². The number of hydrogen-bond acceptors (Lipinski definition) is 4. The van der Waals surface area contributed by atoms with Crippen molar-refractivity contribution >= 4 is 29.7 Å². The molecule has 0 spiro atoms. The standard InChI is InChI=1S/C31H39N3O4/c1-10-20(4)26(33-30(37)38-31(7,8)9)29(36)34(12-3)27(24-18-14-17-23(11-2)19-24)28(35)32-25-21(5)15-13-16-22(25)6/h3,11,13-20,26-27H,2,10H2,1,4-9H3,(H,32,35)(H,33,37). The van der Waals surface area contributed by atoms with Gasteiger partial charge in [0.25, 0.3) is 11.8 Å². The summed E-state index contributed by atoms with van der Waals surface area (Å²) in [6, 6.07) is 13.0. The second-order valence-corrected chi connectivity index (χ2v) is 10.4. The van der Waals surface area contributed by atoms with E-state index in [0.717, 1.165) is 21.6 Å². The Bertz CT molecular complexity index is 1200. The number of hydrogen-bond donors (Lipinski definition) is 2. The Hall–Kier alpha value is -4.05. The van der Waals surface area contributed by atoms with E-state index in [9.17, 15) is 14.4 Å². The second kappa shape index (κ2) is 13.0. The molecule has 2 aromatic carbocycles. The quantitative estimate of drug-likeness (QED) is 0.316. The second-order valence-electron chi connectivity index (χ2n) is 10.4. The van der Waals surface area contributed by atoms with Gasteiger partial charge in [0, 0.05) is 11.7 Å². The van der Waals surface area contributed by atoms with E-state index in [4.69, 9.17) is 11.2 Å². The van der Waals surface area contributed by atoms with Crippen LogP contribution in [-0.4, -0.2) is 34.5 Å². The molecule has 202 valence electrons. The van der Waals surface area contributed by atoms with Gasteiger partial charge in [-0.15, -0.1) is 0 Å². The van der Waals surface area contributed by atoms with Gasteiger partial charge in [-0.3, -0.25) is 14.5 Å². The Morgan fingerprint density at radius 2 is 1.74 bits per heavy atom. The van der Waals surface area contributed by atoms with Crippen molar-refractivity contribution in [1.29, 1.82) is 0 Å². The lowest BCUT2D eigenvalue weighted by molar-refractivity contribution is -0.137. The smallest absolute Gasteiger partial charge is 0.408 e. The van der Waals surface area contributed by atoms with Crippen molar-refractivity contribution in [2.45, 2.75) is 72.6 Å². The highest BCUT2D eigenvalue weighted by molar-refractivity contribution is 6.00. The molecule has 7 nitrogen and oxygen atoms in total. The molecular weight excluding hydrogens is 478 g/mol. The molecule has 7 heteroatoms. The van der Waals surface area contributed by atoms with E-state index in [0.29, 0.717) is 17.7 Å². The van der Waals surface area contributed by atoms with Gasteiger partial charge in [0.2, 0.25) is 0 Å². The van der Waals surface area contributed by atoms with Crippen LogP contribution in [0.1, 0.15) is 69.3 Å². The molecular formula is C31H39N3O4. The fourth-order valence-electron chi connectivity index (χ4n) is 4.01. The lowest BCUT2D eigenvalue weighted by atomic mass is 9.95. The summed E-state index contributed by atoms with van der Waals surface area (Å²) in [5.41, 5.74) is 2.92. The molecule has 0 fully saturated rings. The Kier molecular flexibility index (Phi) is 10.3. The van der Waals surface area contributed by atoms with Gasteiger partial charge in [-0.25, -0.2) is 4.79 Å². The molecule has 3 amide bonds. The third-order valence-electron chi connectivity index (χ3n) is 6.23. The molecule has 0 aliphatic heterocycles. The highest BCUT2D eigenvalue weighted by Crippen LogP contribution is 2.28. The van der Waals surface area contributed by atoms with Gasteiger partial charge in [-0.1, -0.05) is 75.7 Å². The van der Waals surface area contributed by atoms with Crippen molar-refractivity contribution in [2.24, 2.45) is 5.92 Å². The summed E-state index contributed by atoms with van der Waals surface area (Å²) in [6.07, 6.45) is 7.39. The number of anilines is 1. The molecule has 0 heterocycles. The molecule has 2 N–H and O–H groups in total. The van der Waals surface area contributed by atoms with Gasteiger partial charge in [0.05, 0.1) is 0 Å². The molecule has 0 bridgehead atoms. The highest BCUT2D eigenvalue weighted by Gasteiger charge is 2.38. The summed E-state index contributed by atoms with van der Waals surface area (Å²) in [5.74, 6) is -1.35. The SMILES string of the molecule is C#CN(C(=O)C(NC(=O)OC(C)(C)C)C(C)CC)C(C(=O)Nc1c(C)cccc1C)c1cccc(C=C)c1. The Morgan fingerprint density at radius 3 is 2.26 bits per heavy atom. The van der Waals surface area contributed by atoms with Crippen LogP contribution >= 0.6 is 0 Å². The van der Waals surface area contributed by atoms with Crippen molar-refractivity contribution < 1.29 is 19.1 Å². The maximum atomic E-state index is 13.9. The first kappa shape index (κ1) is 30.2. The zero-order chi connectivity index (χ0) is 28.6. The normalized spacial score (nSPS) is 13.3. The topological polar surface area (TPSA) is 87.7 Å². The molecule has 2 rings (SSSR count). The lowest BCUT2D eigenvalue weighted by Gasteiger charge is -2.32. The van der Waals surface area contributed by atoms with E-state index in [1.807, 2.05) is 52.0 Å². The van der Waals surface area contributed by atoms with Crippen molar-refractivity contribution in [3.8, 4) is 12.5 Å². The third kappa shape index (κ3) is 7.72. The number of rotatable bonds is 9. The Balaban J connectivity index is 2.56. The number of para-hydroxylation sites is 1. The van der Waals surface area contributed by atoms with Crippen molar-refractivity contribution in [1.82, 2.24) is 10.2 Å². The molecule has 0 saturated heterocycles. The first-order chi connectivity index (χ1) is 17.8. The van der Waals surface area contributed by atoms with Crippen LogP contribution in [0, 0.1) is 32.2 Å². The van der Waals surface area contributed by atoms with Gasteiger partial charge < -0.3 is 15.4 Å². The zero-order valence-electron chi connectivity index (χ0n) is 23.4. The zero-order valence-corrected chi connectivity index (χ0v) is 23.4. The molecule has 2 aromatic rings. The maximum Gasteiger partial charge on any atom is 0.408 e. The highest BCUT2D eigenvalue weighted by atomic mass is 16.6. The van der Waals surface area contributed by atoms with Crippen LogP contribution in [0.3, 0.4) is 0 Å². The number of carbonyl (C=O) groups excluding carboxylic acids is 3. The van der Waals surface area contributed by atoms with Crippen LogP contribution < -0.4 is 10.6 Å². The monoisotopic (exact) mass is 517 g/mol. The van der Waals surface area contributed by atoms with E-state index in [1.165, 1.54) is 0 Å². The molecule has 0 aliphatic rings. The Labute approximate surface area is 226 Å². The van der Waals surface area contributed by atoms with E-state index < -0.39 is 35.6 Å². The van der Waals surface area contributed by atoms with Gasteiger partial charge in [0.15, 0.2) is 0 Å². The van der Waals surface area contributed by atoms with E-state index >= 15 is 0 Å². The van der Waals surface area contributed by atoms with Crippen molar-refractivity contribution in [2.75, 3.05) is 5.32 Å². The van der Waals surface area contributed by atoms with Gasteiger partial charge >= 0.3 is 6.09 Å². The molecule has 0 aliphatic carbocycles. The van der Waals surface area contributed by atoms with Crippen LogP contribution in [0.4, 0.5) is 10.5 Å². The van der Waals surface area contributed by atoms with E-state index in [-0.39, 0.29) is 5.92 Å². The number of terminal acetylenes is 1. The van der Waals surface area contributed by atoms with Gasteiger partial charge in [0.1, 0.15) is 17.7 Å². The number of aryl methyl sites for hydroxylation is 2. The summed E-state index contributed by atoms with van der Waals surface area (Å²) < 4.78 is 5.39. The summed E-state index contributed by atoms with van der Waals surface area (Å²) in [4.78, 5) is 41.5. The predicted molar refractivity (Wildman–Crippen MR) is 152 cm³/mol. The minimum atomic E-state index is -1.17. The van der Waals surface area contributed by atoms with Crippen LogP contribution in [0.15, 0.2) is 49.0 Å². The van der Waals surface area contributed by atoms with Crippen LogP contribution in [-0.2, 0) is 14.3 Å². The third-order valence-corrected chi connectivity index (χ3v) is 6.23. The molecule has 0 saturated carbocycles. The summed E-state index contributed by atoms with van der Waals surface area (Å²) >= 11 is 0. The first-order valence-corrected chi connectivity index (χ1v) is 12.7. The van der Waals surface area contributed by atoms with E-state index in [2.05, 4.69) is 23.3 Å². The summed E-state index contributed by atoms with van der Waals surface area (Å²) in [6.45, 7) is 16.5. The summed E-state index contributed by atoms with van der Waals surface area (Å²) in [5, 5.41) is 5.65. The van der Waals surface area contributed by atoms with Gasteiger partial charge in [-0.05, 0) is 68.9 Å². The van der Waals surface area contributed by atoms with E-state index in [1.54, 1.807) is 45.0 Å². The van der Waals surface area contributed by atoms with Crippen molar-refractivity contribution in [3.05, 3.63) is 71.3 Å². The fourth-order valence-corrected chi connectivity index (χ4v) is 4.01. The van der Waals surface area contributed by atoms with Crippen LogP contribution in [0.5, 0.6) is 0 Å². The number of amides is 3. The number of alkyl carbamates (subject to hydrolysis) is 1. The average Bonchev–Trinajstić information content (AvgIpc) is 2.86. The van der Waals surface area contributed by atoms with Crippen LogP contribution in [0.2, 0.25) is 0 Å². The average molecular weight is 518 g/mol. The number of carbonyl (C=O) groups is 3. The summed E-state index contributed by atoms with van der Waals surface area (Å²) in [7, 11) is 0. The maximum absolute atomic E-state index is 13.9. The number of ether oxygens (including phenoxy) is 1. The fraction of sp³-hybridized carbons (Fsp3) is 0.387. The minimum Gasteiger partial charge on any atom is -0.444 e. The first-order valence-electron chi connectivity index (χ1n) is 12.7. The molecule has 0 radical (unpaired) electrons.